The lowest BCUT2D eigenvalue weighted by Crippen LogP contribution is -2.24. The van der Waals surface area contributed by atoms with E-state index in [2.05, 4.69) is 22.2 Å². The number of para-hydroxylation sites is 1. The minimum Gasteiger partial charge on any atom is -0.293 e. The summed E-state index contributed by atoms with van der Waals surface area (Å²) in [6, 6.07) is 19.8. The van der Waals surface area contributed by atoms with Crippen LogP contribution in [0.25, 0.3) is 0 Å². The van der Waals surface area contributed by atoms with Crippen molar-refractivity contribution < 1.29 is 0 Å². The predicted molar refractivity (Wildman–Crippen MR) is 93.7 cm³/mol. The Balaban J connectivity index is 1.54. The summed E-state index contributed by atoms with van der Waals surface area (Å²) in [7, 11) is 0. The fourth-order valence-electron chi connectivity index (χ4n) is 2.64. The van der Waals surface area contributed by atoms with Crippen LogP contribution >= 0.6 is 11.8 Å². The molecule has 0 bridgehead atoms. The first kappa shape index (κ1) is 14.1. The molecule has 0 unspecified atom stereocenters. The first-order valence-electron chi connectivity index (χ1n) is 7.44. The summed E-state index contributed by atoms with van der Waals surface area (Å²) in [5, 5.41) is 3.18. The van der Waals surface area contributed by atoms with Gasteiger partial charge in [-0.25, -0.2) is 9.67 Å². The quantitative estimate of drug-likeness (QED) is 0.749. The molecule has 0 fully saturated rings. The van der Waals surface area contributed by atoms with E-state index in [1.807, 2.05) is 42.5 Å². The maximum atomic E-state index is 12.2. The van der Waals surface area contributed by atoms with E-state index in [1.54, 1.807) is 22.5 Å². The van der Waals surface area contributed by atoms with E-state index in [9.17, 15) is 4.79 Å². The van der Waals surface area contributed by atoms with Crippen molar-refractivity contribution in [2.45, 2.75) is 17.1 Å². The third-order valence-corrected chi connectivity index (χ3v) is 4.82. The van der Waals surface area contributed by atoms with E-state index >= 15 is 0 Å². The van der Waals surface area contributed by atoms with Crippen molar-refractivity contribution >= 4 is 23.3 Å². The molecule has 0 radical (unpaired) electrons. The minimum atomic E-state index is -0.0554. The largest absolute Gasteiger partial charge is 0.293 e. The Hall–Kier alpha value is -2.53. The van der Waals surface area contributed by atoms with Gasteiger partial charge in [0.05, 0.1) is 5.69 Å². The molecule has 1 N–H and O–H groups in total. The van der Waals surface area contributed by atoms with Crippen LogP contribution in [0.4, 0.5) is 5.69 Å². The highest BCUT2D eigenvalue weighted by atomic mass is 32.2. The van der Waals surface area contributed by atoms with Gasteiger partial charge in [0.1, 0.15) is 5.84 Å². The number of H-pyrrole nitrogens is 1. The zero-order chi connectivity index (χ0) is 15.6. The van der Waals surface area contributed by atoms with Crippen LogP contribution in [-0.4, -0.2) is 15.6 Å². The lowest BCUT2D eigenvalue weighted by Gasteiger charge is -2.01. The van der Waals surface area contributed by atoms with Crippen LogP contribution < -0.4 is 5.56 Å². The SMILES string of the molecule is O=c1cc(CSc2ccccc2)[nH]n1C1=Nc2ccccc2C1. The van der Waals surface area contributed by atoms with E-state index in [0.29, 0.717) is 6.42 Å². The molecule has 0 aliphatic carbocycles. The number of aromatic nitrogens is 2. The monoisotopic (exact) mass is 321 g/mol. The molecule has 0 spiro atoms. The van der Waals surface area contributed by atoms with E-state index in [-0.39, 0.29) is 5.56 Å². The van der Waals surface area contributed by atoms with Gasteiger partial charge < -0.3 is 0 Å². The molecule has 5 heteroatoms. The number of fused-ring (bicyclic) bond motifs is 1. The van der Waals surface area contributed by atoms with Crippen LogP contribution in [0.1, 0.15) is 11.3 Å². The zero-order valence-corrected chi connectivity index (χ0v) is 13.2. The fourth-order valence-corrected chi connectivity index (χ4v) is 3.46. The van der Waals surface area contributed by atoms with Gasteiger partial charge in [0.15, 0.2) is 0 Å². The van der Waals surface area contributed by atoms with E-state index < -0.39 is 0 Å². The number of benzene rings is 2. The second-order valence-corrected chi connectivity index (χ2v) is 6.44. The molecule has 0 amide bonds. The number of aliphatic imine (C=N–C) groups is 1. The Morgan fingerprint density at radius 1 is 1.09 bits per heavy atom. The van der Waals surface area contributed by atoms with Gasteiger partial charge in [-0.2, -0.15) is 0 Å². The van der Waals surface area contributed by atoms with Crippen LogP contribution in [-0.2, 0) is 12.2 Å². The van der Waals surface area contributed by atoms with Crippen molar-refractivity contribution in [2.75, 3.05) is 0 Å². The average Bonchev–Trinajstić information content (AvgIpc) is 3.17. The van der Waals surface area contributed by atoms with Gasteiger partial charge >= 0.3 is 0 Å². The highest BCUT2D eigenvalue weighted by molar-refractivity contribution is 7.98. The highest BCUT2D eigenvalue weighted by Crippen LogP contribution is 2.26. The number of rotatable bonds is 3. The second kappa shape index (κ2) is 5.93. The van der Waals surface area contributed by atoms with Crippen LogP contribution in [0.3, 0.4) is 0 Å². The maximum absolute atomic E-state index is 12.2. The zero-order valence-electron chi connectivity index (χ0n) is 12.4. The lowest BCUT2D eigenvalue weighted by molar-refractivity contribution is 0.868. The second-order valence-electron chi connectivity index (χ2n) is 5.39. The average molecular weight is 321 g/mol. The smallest absolute Gasteiger partial charge is 0.272 e. The Morgan fingerprint density at radius 3 is 2.70 bits per heavy atom. The van der Waals surface area contributed by atoms with Crippen molar-refractivity contribution in [1.29, 1.82) is 0 Å². The van der Waals surface area contributed by atoms with Gasteiger partial charge in [-0.05, 0) is 23.8 Å². The van der Waals surface area contributed by atoms with Crippen molar-refractivity contribution in [3.8, 4) is 0 Å². The van der Waals surface area contributed by atoms with Crippen molar-refractivity contribution in [3.63, 3.8) is 0 Å². The van der Waals surface area contributed by atoms with Gasteiger partial charge in [0, 0.05) is 28.8 Å². The normalized spacial score (nSPS) is 13.0. The molecule has 114 valence electrons. The van der Waals surface area contributed by atoms with Crippen molar-refractivity contribution in [1.82, 2.24) is 9.78 Å². The first-order valence-corrected chi connectivity index (χ1v) is 8.43. The molecule has 2 heterocycles. The van der Waals surface area contributed by atoms with Crippen LogP contribution in [0.2, 0.25) is 0 Å². The Kier molecular flexibility index (Phi) is 3.63. The summed E-state index contributed by atoms with van der Waals surface area (Å²) >= 11 is 1.70. The topological polar surface area (TPSA) is 50.1 Å². The third kappa shape index (κ3) is 2.87. The lowest BCUT2D eigenvalue weighted by atomic mass is 10.1. The van der Waals surface area contributed by atoms with Gasteiger partial charge in [0.25, 0.3) is 5.56 Å². The number of thioether (sulfide) groups is 1. The number of aromatic amines is 1. The molecule has 4 rings (SSSR count). The number of nitrogens with one attached hydrogen (secondary N) is 1. The summed E-state index contributed by atoms with van der Waals surface area (Å²) in [6.45, 7) is 0. The molecule has 23 heavy (non-hydrogen) atoms. The molecule has 1 aliphatic rings. The van der Waals surface area contributed by atoms with E-state index in [4.69, 9.17) is 0 Å². The summed E-state index contributed by atoms with van der Waals surface area (Å²) in [5.41, 5.74) is 2.95. The molecule has 1 aromatic heterocycles. The Morgan fingerprint density at radius 2 is 1.87 bits per heavy atom. The molecule has 4 nitrogen and oxygen atoms in total. The Labute approximate surface area is 137 Å². The molecule has 0 atom stereocenters. The van der Waals surface area contributed by atoms with Crippen LogP contribution in [0, 0.1) is 0 Å². The van der Waals surface area contributed by atoms with Crippen LogP contribution in [0.15, 0.2) is 75.3 Å². The third-order valence-electron chi connectivity index (χ3n) is 3.76. The van der Waals surface area contributed by atoms with Gasteiger partial charge in [-0.1, -0.05) is 36.4 Å². The minimum absolute atomic E-state index is 0.0554. The van der Waals surface area contributed by atoms with Gasteiger partial charge in [0.2, 0.25) is 0 Å². The number of hydrogen-bond acceptors (Lipinski definition) is 3. The Bertz CT molecular complexity index is 925. The summed E-state index contributed by atoms with van der Waals surface area (Å²) < 4.78 is 1.56. The van der Waals surface area contributed by atoms with Gasteiger partial charge in [-0.15, -0.1) is 11.8 Å². The summed E-state index contributed by atoms with van der Waals surface area (Å²) in [6.07, 6.45) is 0.682. The van der Waals surface area contributed by atoms with E-state index in [1.165, 1.54) is 4.90 Å². The summed E-state index contributed by atoms with van der Waals surface area (Å²) in [4.78, 5) is 18.0. The molecular weight excluding hydrogens is 306 g/mol. The van der Waals surface area contributed by atoms with Crippen molar-refractivity contribution in [2.24, 2.45) is 4.99 Å². The maximum Gasteiger partial charge on any atom is 0.272 e. The van der Waals surface area contributed by atoms with Crippen molar-refractivity contribution in [3.05, 3.63) is 82.3 Å². The first-order chi connectivity index (χ1) is 11.3. The fraction of sp³-hybridized carbons (Fsp3) is 0.111. The molecule has 1 aliphatic heterocycles. The molecule has 2 aromatic carbocycles. The molecular formula is C18H15N3OS. The number of hydrogen-bond donors (Lipinski definition) is 1. The summed E-state index contributed by atoms with van der Waals surface area (Å²) in [5.74, 6) is 1.49. The van der Waals surface area contributed by atoms with E-state index in [0.717, 1.165) is 28.5 Å². The highest BCUT2D eigenvalue weighted by Gasteiger charge is 2.17. The van der Waals surface area contributed by atoms with Crippen LogP contribution in [0.5, 0.6) is 0 Å². The molecule has 0 saturated carbocycles. The predicted octanol–water partition coefficient (Wildman–Crippen LogP) is 3.60. The molecule has 3 aromatic rings. The number of nitrogens with zero attached hydrogens (tertiary/aromatic N) is 2. The molecule has 0 saturated heterocycles. The standard InChI is InChI=1S/C18H15N3OS/c22-18-11-14(12-23-15-7-2-1-3-8-15)20-21(18)17-10-13-6-4-5-9-16(13)19-17/h1-9,11,20H,10,12H2. The van der Waals surface area contributed by atoms with Gasteiger partial charge in [-0.3, -0.25) is 9.89 Å².